The number of thiazole rings is 1. The Bertz CT molecular complexity index is 798. The molecule has 1 aromatic carbocycles. The van der Waals surface area contributed by atoms with E-state index in [0.29, 0.717) is 13.0 Å². The Kier molecular flexibility index (Phi) is 6.05. The van der Waals surface area contributed by atoms with Crippen LogP contribution in [0.1, 0.15) is 12.6 Å². The van der Waals surface area contributed by atoms with Gasteiger partial charge in [0.1, 0.15) is 5.01 Å². The van der Waals surface area contributed by atoms with Crippen LogP contribution in [-0.2, 0) is 21.4 Å². The number of hydrogen-bond acceptors (Lipinski definition) is 5. The number of benzene rings is 1. The van der Waals surface area contributed by atoms with Crippen molar-refractivity contribution in [3.8, 4) is 10.6 Å². The first kappa shape index (κ1) is 18.5. The molecule has 9 heteroatoms. The predicted octanol–water partition coefficient (Wildman–Crippen LogP) is 1.71. The summed E-state index contributed by atoms with van der Waals surface area (Å²) in [6.07, 6.45) is 0.521. The van der Waals surface area contributed by atoms with Gasteiger partial charge in [-0.3, -0.25) is 4.79 Å². The van der Waals surface area contributed by atoms with Crippen LogP contribution in [0.4, 0.5) is 5.69 Å². The van der Waals surface area contributed by atoms with Crippen molar-refractivity contribution in [3.05, 3.63) is 35.3 Å². The van der Waals surface area contributed by atoms with Gasteiger partial charge in [-0.2, -0.15) is 12.7 Å². The molecule has 1 amide bonds. The molecule has 0 saturated carbocycles. The molecule has 0 atom stereocenters. The van der Waals surface area contributed by atoms with Crippen molar-refractivity contribution in [2.45, 2.75) is 13.3 Å². The van der Waals surface area contributed by atoms with Gasteiger partial charge in [0.25, 0.3) is 10.2 Å². The minimum Gasteiger partial charge on any atom is -0.326 e. The molecule has 0 aliphatic rings. The summed E-state index contributed by atoms with van der Waals surface area (Å²) in [6, 6.07) is 7.43. The first-order chi connectivity index (χ1) is 11.3. The van der Waals surface area contributed by atoms with E-state index in [-0.39, 0.29) is 5.91 Å². The Morgan fingerprint density at radius 1 is 1.25 bits per heavy atom. The number of anilines is 1. The number of hydrogen-bond donors (Lipinski definition) is 2. The fraction of sp³-hybridized carbons (Fsp3) is 0.333. The van der Waals surface area contributed by atoms with Crippen molar-refractivity contribution in [2.24, 2.45) is 0 Å². The van der Waals surface area contributed by atoms with Gasteiger partial charge in [-0.1, -0.05) is 0 Å². The summed E-state index contributed by atoms with van der Waals surface area (Å²) < 4.78 is 26.9. The average molecular weight is 368 g/mol. The van der Waals surface area contributed by atoms with E-state index in [1.807, 2.05) is 29.6 Å². The lowest BCUT2D eigenvalue weighted by molar-refractivity contribution is -0.114. The van der Waals surface area contributed by atoms with Gasteiger partial charge in [-0.25, -0.2) is 9.71 Å². The summed E-state index contributed by atoms with van der Waals surface area (Å²) in [7, 11) is -0.444. The van der Waals surface area contributed by atoms with Gasteiger partial charge in [-0.15, -0.1) is 11.3 Å². The zero-order valence-corrected chi connectivity index (χ0v) is 15.4. The highest BCUT2D eigenvalue weighted by molar-refractivity contribution is 7.87. The minimum atomic E-state index is -3.40. The summed E-state index contributed by atoms with van der Waals surface area (Å²) in [5.41, 5.74) is 2.53. The normalized spacial score (nSPS) is 11.7. The van der Waals surface area contributed by atoms with Crippen LogP contribution < -0.4 is 10.0 Å². The van der Waals surface area contributed by atoms with Crippen LogP contribution in [0.5, 0.6) is 0 Å². The molecule has 0 bridgehead atoms. The monoisotopic (exact) mass is 368 g/mol. The van der Waals surface area contributed by atoms with E-state index < -0.39 is 10.2 Å². The Morgan fingerprint density at radius 3 is 2.50 bits per heavy atom. The Morgan fingerprint density at radius 2 is 1.92 bits per heavy atom. The van der Waals surface area contributed by atoms with Crippen LogP contribution in [0.15, 0.2) is 29.6 Å². The molecule has 24 heavy (non-hydrogen) atoms. The molecule has 130 valence electrons. The summed E-state index contributed by atoms with van der Waals surface area (Å²) in [4.78, 5) is 15.5. The highest BCUT2D eigenvalue weighted by Crippen LogP contribution is 2.25. The molecule has 7 nitrogen and oxygen atoms in total. The molecule has 2 N–H and O–H groups in total. The predicted molar refractivity (Wildman–Crippen MR) is 96.2 cm³/mol. The van der Waals surface area contributed by atoms with Crippen molar-refractivity contribution >= 4 is 33.1 Å². The zero-order chi connectivity index (χ0) is 17.7. The van der Waals surface area contributed by atoms with Crippen LogP contribution in [-0.4, -0.2) is 44.3 Å². The zero-order valence-electron chi connectivity index (χ0n) is 13.7. The molecular formula is C15H20N4O3S2. The molecule has 0 fully saturated rings. The maximum Gasteiger partial charge on any atom is 0.278 e. The van der Waals surface area contributed by atoms with Gasteiger partial charge in [0, 0.05) is 50.6 Å². The van der Waals surface area contributed by atoms with Crippen molar-refractivity contribution in [3.63, 3.8) is 0 Å². The lowest BCUT2D eigenvalue weighted by atomic mass is 10.2. The maximum atomic E-state index is 11.6. The number of nitrogens with zero attached hydrogens (tertiary/aromatic N) is 2. The molecule has 1 heterocycles. The second-order valence-corrected chi connectivity index (χ2v) is 8.16. The highest BCUT2D eigenvalue weighted by atomic mass is 32.2. The van der Waals surface area contributed by atoms with Crippen LogP contribution in [0.2, 0.25) is 0 Å². The van der Waals surface area contributed by atoms with Crippen molar-refractivity contribution < 1.29 is 13.2 Å². The average Bonchev–Trinajstić information content (AvgIpc) is 2.96. The summed E-state index contributed by atoms with van der Waals surface area (Å²) in [6.45, 7) is 1.76. The molecule has 1 aromatic heterocycles. The SMILES string of the molecule is CC(=O)Nc1ccc(-c2nc(CCNS(=O)(=O)N(C)C)cs2)cc1. The van der Waals surface area contributed by atoms with Gasteiger partial charge >= 0.3 is 0 Å². The van der Waals surface area contributed by atoms with Gasteiger partial charge in [0.15, 0.2) is 0 Å². The third-order valence-electron chi connectivity index (χ3n) is 3.15. The molecule has 0 aliphatic heterocycles. The Balaban J connectivity index is 1.96. The molecule has 0 saturated heterocycles. The molecule has 0 spiro atoms. The molecule has 0 unspecified atom stereocenters. The number of nitrogens with one attached hydrogen (secondary N) is 2. The number of rotatable bonds is 7. The lowest BCUT2D eigenvalue weighted by Gasteiger charge is -2.11. The Labute approximate surface area is 145 Å². The second kappa shape index (κ2) is 7.84. The smallest absolute Gasteiger partial charge is 0.278 e. The van der Waals surface area contributed by atoms with Crippen molar-refractivity contribution in [1.82, 2.24) is 14.0 Å². The number of aromatic nitrogens is 1. The van der Waals surface area contributed by atoms with E-state index in [0.717, 1.165) is 26.3 Å². The van der Waals surface area contributed by atoms with Crippen LogP contribution in [0.3, 0.4) is 0 Å². The van der Waals surface area contributed by atoms with E-state index in [9.17, 15) is 13.2 Å². The first-order valence-electron chi connectivity index (χ1n) is 7.27. The molecule has 2 aromatic rings. The molecule has 0 radical (unpaired) electrons. The number of carbonyl (C=O) groups is 1. The standard InChI is InChI=1S/C15H20N4O3S2/c1-11(20)17-13-6-4-12(5-7-13)15-18-14(10-23-15)8-9-16-24(21,22)19(2)3/h4-7,10,16H,8-9H2,1-3H3,(H,17,20). The maximum absolute atomic E-state index is 11.6. The summed E-state index contributed by atoms with van der Waals surface area (Å²) >= 11 is 1.50. The van der Waals surface area contributed by atoms with Gasteiger partial charge < -0.3 is 5.32 Å². The third kappa shape index (κ3) is 5.10. The fourth-order valence-corrected chi connectivity index (χ4v) is 3.37. The fourth-order valence-electron chi connectivity index (χ4n) is 1.89. The lowest BCUT2D eigenvalue weighted by Crippen LogP contribution is -2.36. The number of carbonyl (C=O) groups excluding carboxylic acids is 1. The van der Waals surface area contributed by atoms with Gasteiger partial charge in [0.2, 0.25) is 5.91 Å². The van der Waals surface area contributed by atoms with E-state index in [1.54, 1.807) is 0 Å². The first-order valence-corrected chi connectivity index (χ1v) is 9.59. The topological polar surface area (TPSA) is 91.4 Å². The Hall–Kier alpha value is -1.81. The van der Waals surface area contributed by atoms with Crippen LogP contribution in [0.25, 0.3) is 10.6 Å². The van der Waals surface area contributed by atoms with E-state index in [2.05, 4.69) is 15.0 Å². The highest BCUT2D eigenvalue weighted by Gasteiger charge is 2.12. The quantitative estimate of drug-likeness (QED) is 0.778. The van der Waals surface area contributed by atoms with Gasteiger partial charge in [0.05, 0.1) is 5.69 Å². The molecule has 2 rings (SSSR count). The van der Waals surface area contributed by atoms with E-state index in [4.69, 9.17) is 0 Å². The molecule has 0 aliphatic carbocycles. The van der Waals surface area contributed by atoms with Crippen LogP contribution >= 0.6 is 11.3 Å². The molecular weight excluding hydrogens is 348 g/mol. The third-order valence-corrected chi connectivity index (χ3v) is 5.62. The largest absolute Gasteiger partial charge is 0.326 e. The van der Waals surface area contributed by atoms with Crippen molar-refractivity contribution in [2.75, 3.05) is 26.0 Å². The van der Waals surface area contributed by atoms with E-state index in [1.165, 1.54) is 32.4 Å². The summed E-state index contributed by atoms with van der Waals surface area (Å²) in [5.74, 6) is -0.112. The van der Waals surface area contributed by atoms with E-state index >= 15 is 0 Å². The second-order valence-electron chi connectivity index (χ2n) is 5.33. The number of amides is 1. The minimum absolute atomic E-state index is 0.112. The van der Waals surface area contributed by atoms with Crippen LogP contribution in [0, 0.1) is 0 Å². The summed E-state index contributed by atoms with van der Waals surface area (Å²) in [5, 5.41) is 5.49. The van der Waals surface area contributed by atoms with Gasteiger partial charge in [-0.05, 0) is 24.3 Å². The van der Waals surface area contributed by atoms with Crippen molar-refractivity contribution in [1.29, 1.82) is 0 Å².